The summed E-state index contributed by atoms with van der Waals surface area (Å²) in [6.07, 6.45) is 12.0. The van der Waals surface area contributed by atoms with Gasteiger partial charge in [-0.15, -0.1) is 10.2 Å². The lowest BCUT2D eigenvalue weighted by Crippen LogP contribution is -2.06. The molecule has 0 atom stereocenters. The molecule has 4 N–H and O–H groups in total. The second kappa shape index (κ2) is 17.4. The van der Waals surface area contributed by atoms with E-state index in [1.807, 2.05) is 60.7 Å². The molecule has 6 aromatic heterocycles. The number of nitrogens with zero attached hydrogens (tertiary/aromatic N) is 16. The Morgan fingerprint density at radius 1 is 0.579 bits per heavy atom. The predicted molar refractivity (Wildman–Crippen MR) is 201 cm³/mol. The molecule has 0 spiro atoms. The van der Waals surface area contributed by atoms with Crippen molar-refractivity contribution < 1.29 is 10.2 Å². The molecule has 0 aliphatic carbocycles. The number of para-hydroxylation sites is 2. The van der Waals surface area contributed by atoms with E-state index >= 15 is 0 Å². The molecule has 57 heavy (non-hydrogen) atoms. The monoisotopic (exact) mass is 751 g/mol. The van der Waals surface area contributed by atoms with E-state index in [4.69, 9.17) is 16.3 Å². The Morgan fingerprint density at radius 3 is 1.63 bits per heavy atom. The fourth-order valence-electron chi connectivity index (χ4n) is 4.92. The summed E-state index contributed by atoms with van der Waals surface area (Å²) in [6, 6.07) is 31.0. The number of azo groups is 1. The van der Waals surface area contributed by atoms with Gasteiger partial charge in [0, 0.05) is 54.6 Å². The van der Waals surface area contributed by atoms with E-state index < -0.39 is 0 Å². The van der Waals surface area contributed by atoms with Crippen LogP contribution in [0.25, 0.3) is 23.3 Å². The van der Waals surface area contributed by atoms with Crippen molar-refractivity contribution in [1.29, 1.82) is 21.0 Å². The highest BCUT2D eigenvalue weighted by Gasteiger charge is 2.19. The van der Waals surface area contributed by atoms with Gasteiger partial charge in [0.1, 0.15) is 46.8 Å². The Morgan fingerprint density at radius 2 is 1.11 bits per heavy atom. The molecule has 0 aliphatic rings. The van der Waals surface area contributed by atoms with E-state index in [-0.39, 0.29) is 46.2 Å². The number of aromatic hydroxyl groups is 2. The fourth-order valence-corrected chi connectivity index (χ4v) is 4.92. The highest BCUT2D eigenvalue weighted by Crippen LogP contribution is 2.36. The van der Waals surface area contributed by atoms with E-state index in [9.17, 15) is 20.7 Å². The molecule has 8 aromatic rings. The van der Waals surface area contributed by atoms with Crippen molar-refractivity contribution in [1.82, 2.24) is 48.6 Å². The number of rotatable bonds is 6. The van der Waals surface area contributed by atoms with Crippen LogP contribution in [-0.4, -0.2) is 58.8 Å². The molecule has 274 valence electrons. The minimum atomic E-state index is -0.253. The third-order valence-corrected chi connectivity index (χ3v) is 7.59. The van der Waals surface area contributed by atoms with Crippen molar-refractivity contribution in [2.75, 3.05) is 5.73 Å². The minimum Gasteiger partial charge on any atom is -0.494 e. The van der Waals surface area contributed by atoms with Crippen LogP contribution >= 0.6 is 0 Å². The summed E-state index contributed by atoms with van der Waals surface area (Å²) in [7, 11) is 0. The van der Waals surface area contributed by atoms with Crippen molar-refractivity contribution in [3.8, 4) is 59.3 Å². The fraction of sp³-hybridized carbons (Fsp3) is 0. The lowest BCUT2D eigenvalue weighted by Gasteiger charge is -2.03. The van der Waals surface area contributed by atoms with Crippen LogP contribution in [0.5, 0.6) is 11.8 Å². The van der Waals surface area contributed by atoms with Gasteiger partial charge >= 0.3 is 0 Å². The number of benzene rings is 2. The molecule has 0 radical (unpaired) electrons. The molecule has 0 fully saturated rings. The molecule has 19 nitrogen and oxygen atoms in total. The molecular weight excluding hydrogens is 727 g/mol. The lowest BCUT2D eigenvalue weighted by molar-refractivity contribution is 0.442. The van der Waals surface area contributed by atoms with E-state index in [0.717, 1.165) is 5.69 Å². The first-order valence-corrected chi connectivity index (χ1v) is 16.3. The van der Waals surface area contributed by atoms with E-state index in [2.05, 4.69) is 40.4 Å². The molecule has 0 saturated carbocycles. The van der Waals surface area contributed by atoms with Crippen molar-refractivity contribution in [2.45, 2.75) is 0 Å². The summed E-state index contributed by atoms with van der Waals surface area (Å²) in [5.41, 5.74) is 8.14. The van der Waals surface area contributed by atoms with Crippen LogP contribution in [-0.2, 0) is 0 Å². The number of aromatic nitrogens is 10. The van der Waals surface area contributed by atoms with Crippen LogP contribution in [0, 0.1) is 45.3 Å². The SMILES string of the molecule is N#Cc1cc(O)n(-c2ccccc2)c1.N#Cc1cn(-c2ccccc2)c(O)c1N=Nc1c(C#N)cnn1-c1ncccn1.N#Cc1cnn(-c2ncccn2)c1N. The first-order chi connectivity index (χ1) is 27.9. The Labute approximate surface area is 322 Å². The number of nitrogen functional groups attached to an aromatic ring is 1. The zero-order valence-corrected chi connectivity index (χ0v) is 29.3. The quantitative estimate of drug-likeness (QED) is 0.177. The highest BCUT2D eigenvalue weighted by atomic mass is 16.3. The Kier molecular flexibility index (Phi) is 11.4. The minimum absolute atomic E-state index is 0.0260. The average Bonchev–Trinajstić information content (AvgIpc) is 4.05. The van der Waals surface area contributed by atoms with Crippen LogP contribution < -0.4 is 5.73 Å². The summed E-state index contributed by atoms with van der Waals surface area (Å²) in [5, 5.41) is 72.2. The summed E-state index contributed by atoms with van der Waals surface area (Å²) in [4.78, 5) is 16.1. The van der Waals surface area contributed by atoms with Gasteiger partial charge in [-0.3, -0.25) is 9.13 Å². The van der Waals surface area contributed by atoms with Gasteiger partial charge in [-0.2, -0.15) is 40.6 Å². The highest BCUT2D eigenvalue weighted by molar-refractivity contribution is 5.63. The maximum Gasteiger partial charge on any atom is 0.252 e. The van der Waals surface area contributed by atoms with E-state index in [1.165, 1.54) is 51.0 Å². The zero-order chi connectivity index (χ0) is 40.1. The van der Waals surface area contributed by atoms with Crippen molar-refractivity contribution in [2.24, 2.45) is 10.2 Å². The van der Waals surface area contributed by atoms with Crippen molar-refractivity contribution in [3.05, 3.63) is 151 Å². The number of anilines is 1. The summed E-state index contributed by atoms with van der Waals surface area (Å²) < 4.78 is 5.56. The molecular formula is C38H25N17O2. The number of hydrogen-bond acceptors (Lipinski definition) is 15. The third kappa shape index (κ3) is 8.29. The normalized spacial score (nSPS) is 10.2. The Balaban J connectivity index is 0.000000163. The number of hydrogen-bond donors (Lipinski definition) is 3. The first kappa shape index (κ1) is 37.3. The van der Waals surface area contributed by atoms with Gasteiger partial charge in [0.25, 0.3) is 11.9 Å². The topological polar surface area (TPSA) is 283 Å². The van der Waals surface area contributed by atoms with Crippen LogP contribution in [0.1, 0.15) is 22.3 Å². The molecule has 6 heterocycles. The average molecular weight is 752 g/mol. The van der Waals surface area contributed by atoms with Gasteiger partial charge in [0.05, 0.1) is 18.0 Å². The summed E-state index contributed by atoms with van der Waals surface area (Å²) in [5.74, 6) is 0.707. The van der Waals surface area contributed by atoms with E-state index in [1.54, 1.807) is 59.6 Å². The molecule has 0 unspecified atom stereocenters. The van der Waals surface area contributed by atoms with E-state index in [0.29, 0.717) is 22.8 Å². The maximum atomic E-state index is 10.6. The van der Waals surface area contributed by atoms with Crippen LogP contribution in [0.15, 0.2) is 139 Å². The Bertz CT molecular complexity index is 2780. The summed E-state index contributed by atoms with van der Waals surface area (Å²) in [6.45, 7) is 0. The Hall–Kier alpha value is -9.46. The molecule has 0 bridgehead atoms. The first-order valence-electron chi connectivity index (χ1n) is 16.3. The van der Waals surface area contributed by atoms with Gasteiger partial charge < -0.3 is 15.9 Å². The second-order valence-corrected chi connectivity index (χ2v) is 11.1. The van der Waals surface area contributed by atoms with Gasteiger partial charge in [0.2, 0.25) is 5.88 Å². The number of nitrogens with two attached hydrogens (primary N) is 1. The van der Waals surface area contributed by atoms with Crippen LogP contribution in [0.4, 0.5) is 17.3 Å². The van der Waals surface area contributed by atoms with Crippen molar-refractivity contribution >= 4 is 17.3 Å². The molecule has 0 aliphatic heterocycles. The summed E-state index contributed by atoms with van der Waals surface area (Å²) >= 11 is 0. The largest absolute Gasteiger partial charge is 0.494 e. The van der Waals surface area contributed by atoms with Crippen molar-refractivity contribution in [3.63, 3.8) is 0 Å². The zero-order valence-electron chi connectivity index (χ0n) is 29.3. The molecule has 0 saturated heterocycles. The third-order valence-electron chi connectivity index (χ3n) is 7.59. The van der Waals surface area contributed by atoms with Crippen LogP contribution in [0.2, 0.25) is 0 Å². The van der Waals surface area contributed by atoms with Gasteiger partial charge in [-0.25, -0.2) is 19.9 Å². The van der Waals surface area contributed by atoms with Gasteiger partial charge in [-0.05, 0) is 36.4 Å². The smallest absolute Gasteiger partial charge is 0.252 e. The van der Waals surface area contributed by atoms with Crippen LogP contribution in [0.3, 0.4) is 0 Å². The standard InChI is InChI=1S/C19H11N9O.C11H8N2O.C8H6N6/c20-9-13-11-24-28(19-22-7-4-8-23-19)17(13)26-25-16-14(10-21)12-27(18(16)29)15-5-2-1-3-6-15;12-7-9-6-11(14)13(8-9)10-4-2-1-3-5-10;9-4-6-5-13-14(7(6)10)8-11-2-1-3-12-8/h1-8,11-12,29H;1-6,8,14H;1-3,5H,10H2. The number of nitriles is 4. The van der Waals surface area contributed by atoms with Gasteiger partial charge in [0.15, 0.2) is 17.4 Å². The molecule has 2 aromatic carbocycles. The molecule has 0 amide bonds. The lowest BCUT2D eigenvalue weighted by atomic mass is 10.3. The second-order valence-electron chi connectivity index (χ2n) is 11.1. The molecule has 19 heteroatoms. The predicted octanol–water partition coefficient (Wildman–Crippen LogP) is 5.49. The molecule has 8 rings (SSSR count). The van der Waals surface area contributed by atoms with Gasteiger partial charge in [-0.1, -0.05) is 36.4 Å². The maximum absolute atomic E-state index is 10.6.